The first kappa shape index (κ1) is 20.9. The van der Waals surface area contributed by atoms with Gasteiger partial charge in [0.2, 0.25) is 5.91 Å². The molecule has 1 aliphatic rings. The number of rotatable bonds is 4. The van der Waals surface area contributed by atoms with Crippen molar-refractivity contribution in [1.29, 1.82) is 0 Å². The van der Waals surface area contributed by atoms with Gasteiger partial charge < -0.3 is 15.7 Å². The molecule has 5 heteroatoms. The zero-order valence-corrected chi connectivity index (χ0v) is 14.6. The second-order valence-electron chi connectivity index (χ2n) is 5.73. The Balaban J connectivity index is 0.00000220. The van der Waals surface area contributed by atoms with Gasteiger partial charge in [0.1, 0.15) is 0 Å². The van der Waals surface area contributed by atoms with Crippen molar-refractivity contribution in [3.63, 3.8) is 0 Å². The third-order valence-electron chi connectivity index (χ3n) is 4.03. The SMILES string of the molecule is CCCN(C(=O)[C@@H]1CCCCN1)c1c(C)cccc1C.Cl.O. The Kier molecular flexibility index (Phi) is 9.33. The quantitative estimate of drug-likeness (QED) is 0.923. The molecule has 126 valence electrons. The van der Waals surface area contributed by atoms with Crippen molar-refractivity contribution in [2.24, 2.45) is 0 Å². The minimum Gasteiger partial charge on any atom is -0.412 e. The first-order valence-corrected chi connectivity index (χ1v) is 7.76. The van der Waals surface area contributed by atoms with Gasteiger partial charge in [-0.2, -0.15) is 0 Å². The van der Waals surface area contributed by atoms with Gasteiger partial charge in [-0.15, -0.1) is 12.4 Å². The fourth-order valence-corrected chi connectivity index (χ4v) is 3.04. The van der Waals surface area contributed by atoms with E-state index in [9.17, 15) is 4.79 Å². The fraction of sp³-hybridized carbons (Fsp3) is 0.588. The first-order chi connectivity index (χ1) is 9.65. The number of nitrogens with zero attached hydrogens (tertiary/aromatic N) is 1. The maximum absolute atomic E-state index is 12.9. The molecule has 4 nitrogen and oxygen atoms in total. The second kappa shape index (κ2) is 9.82. The molecule has 0 radical (unpaired) electrons. The molecule has 1 heterocycles. The number of benzene rings is 1. The van der Waals surface area contributed by atoms with E-state index in [-0.39, 0.29) is 29.8 Å². The molecule has 0 unspecified atom stereocenters. The lowest BCUT2D eigenvalue weighted by atomic mass is 10.0. The average Bonchev–Trinajstić information content (AvgIpc) is 2.46. The van der Waals surface area contributed by atoms with Gasteiger partial charge in [0.25, 0.3) is 0 Å². The Morgan fingerprint density at radius 2 is 1.91 bits per heavy atom. The van der Waals surface area contributed by atoms with Crippen molar-refractivity contribution in [2.45, 2.75) is 52.5 Å². The highest BCUT2D eigenvalue weighted by Crippen LogP contribution is 2.26. The highest BCUT2D eigenvalue weighted by molar-refractivity contribution is 5.98. The molecule has 0 bridgehead atoms. The summed E-state index contributed by atoms with van der Waals surface area (Å²) < 4.78 is 0. The molecule has 0 spiro atoms. The summed E-state index contributed by atoms with van der Waals surface area (Å²) in [6.45, 7) is 8.06. The lowest BCUT2D eigenvalue weighted by Gasteiger charge is -2.31. The summed E-state index contributed by atoms with van der Waals surface area (Å²) in [6, 6.07) is 6.23. The van der Waals surface area contributed by atoms with E-state index in [1.165, 1.54) is 17.5 Å². The van der Waals surface area contributed by atoms with Crippen LogP contribution < -0.4 is 10.2 Å². The molecule has 3 N–H and O–H groups in total. The van der Waals surface area contributed by atoms with Gasteiger partial charge in [-0.3, -0.25) is 4.79 Å². The van der Waals surface area contributed by atoms with E-state index in [0.717, 1.165) is 38.0 Å². The summed E-state index contributed by atoms with van der Waals surface area (Å²) in [6.07, 6.45) is 4.27. The summed E-state index contributed by atoms with van der Waals surface area (Å²) >= 11 is 0. The average molecular weight is 329 g/mol. The number of aryl methyl sites for hydroxylation is 2. The van der Waals surface area contributed by atoms with Gasteiger partial charge in [0, 0.05) is 12.2 Å². The van der Waals surface area contributed by atoms with Gasteiger partial charge in [-0.25, -0.2) is 0 Å². The van der Waals surface area contributed by atoms with Crippen molar-refractivity contribution >= 4 is 24.0 Å². The van der Waals surface area contributed by atoms with Gasteiger partial charge >= 0.3 is 0 Å². The van der Waals surface area contributed by atoms with Crippen LogP contribution in [0.2, 0.25) is 0 Å². The van der Waals surface area contributed by atoms with Crippen molar-refractivity contribution in [1.82, 2.24) is 5.32 Å². The monoisotopic (exact) mass is 328 g/mol. The summed E-state index contributed by atoms with van der Waals surface area (Å²) in [5.41, 5.74) is 3.47. The zero-order valence-electron chi connectivity index (χ0n) is 13.8. The number of halogens is 1. The fourth-order valence-electron chi connectivity index (χ4n) is 3.04. The second-order valence-corrected chi connectivity index (χ2v) is 5.73. The van der Waals surface area contributed by atoms with Gasteiger partial charge in [-0.1, -0.05) is 31.5 Å². The molecule has 1 amide bonds. The summed E-state index contributed by atoms with van der Waals surface area (Å²) in [5, 5.41) is 3.38. The Morgan fingerprint density at radius 1 is 1.27 bits per heavy atom. The molecule has 1 saturated heterocycles. The van der Waals surface area contributed by atoms with Crippen molar-refractivity contribution in [3.8, 4) is 0 Å². The number of piperidine rings is 1. The van der Waals surface area contributed by atoms with Crippen LogP contribution in [0.3, 0.4) is 0 Å². The van der Waals surface area contributed by atoms with Crippen LogP contribution in [0.5, 0.6) is 0 Å². The largest absolute Gasteiger partial charge is 0.412 e. The minimum atomic E-state index is -0.00527. The highest BCUT2D eigenvalue weighted by Gasteiger charge is 2.27. The lowest BCUT2D eigenvalue weighted by Crippen LogP contribution is -2.49. The molecule has 0 saturated carbocycles. The molecular weight excluding hydrogens is 300 g/mol. The van der Waals surface area contributed by atoms with Crippen LogP contribution >= 0.6 is 12.4 Å². The van der Waals surface area contributed by atoms with Crippen LogP contribution in [0, 0.1) is 13.8 Å². The number of hydrogen-bond donors (Lipinski definition) is 1. The van der Waals surface area contributed by atoms with E-state index in [4.69, 9.17) is 0 Å². The molecule has 1 fully saturated rings. The van der Waals surface area contributed by atoms with Crippen LogP contribution in [0.1, 0.15) is 43.7 Å². The van der Waals surface area contributed by atoms with Crippen LogP contribution in [-0.2, 0) is 4.79 Å². The van der Waals surface area contributed by atoms with Crippen molar-refractivity contribution in [2.75, 3.05) is 18.0 Å². The first-order valence-electron chi connectivity index (χ1n) is 7.76. The van der Waals surface area contributed by atoms with E-state index < -0.39 is 0 Å². The standard InChI is InChI=1S/C17H26N2O.ClH.H2O/c1-4-12-19(16-13(2)8-7-9-14(16)3)17(20)15-10-5-6-11-18-15;;/h7-9,15,18H,4-6,10-12H2,1-3H3;1H;1H2/t15-;;/m0../s1. The predicted molar refractivity (Wildman–Crippen MR) is 95.1 cm³/mol. The van der Waals surface area contributed by atoms with Gasteiger partial charge in [0.15, 0.2) is 0 Å². The third-order valence-corrected chi connectivity index (χ3v) is 4.03. The van der Waals surface area contributed by atoms with Gasteiger partial charge in [-0.05, 0) is 50.8 Å². The van der Waals surface area contributed by atoms with Crippen molar-refractivity contribution in [3.05, 3.63) is 29.3 Å². The van der Waals surface area contributed by atoms with Crippen LogP contribution in [0.4, 0.5) is 5.69 Å². The number of nitrogens with one attached hydrogen (secondary N) is 1. The van der Waals surface area contributed by atoms with E-state index in [0.29, 0.717) is 0 Å². The molecule has 1 aromatic carbocycles. The minimum absolute atomic E-state index is 0. The molecule has 1 aliphatic heterocycles. The lowest BCUT2D eigenvalue weighted by molar-refractivity contribution is -0.121. The van der Waals surface area contributed by atoms with E-state index >= 15 is 0 Å². The Labute approximate surface area is 140 Å². The molecular formula is C17H29ClN2O2. The molecule has 1 atom stereocenters. The Bertz CT molecular complexity index is 453. The maximum Gasteiger partial charge on any atom is 0.244 e. The topological polar surface area (TPSA) is 63.8 Å². The van der Waals surface area contributed by atoms with E-state index in [1.807, 2.05) is 4.90 Å². The van der Waals surface area contributed by atoms with E-state index in [1.54, 1.807) is 0 Å². The van der Waals surface area contributed by atoms with Crippen LogP contribution in [-0.4, -0.2) is 30.5 Å². The maximum atomic E-state index is 12.9. The number of anilines is 1. The Morgan fingerprint density at radius 3 is 2.41 bits per heavy atom. The molecule has 0 aromatic heterocycles. The molecule has 1 aromatic rings. The summed E-state index contributed by atoms with van der Waals surface area (Å²) in [4.78, 5) is 14.9. The summed E-state index contributed by atoms with van der Waals surface area (Å²) in [5.74, 6) is 0.240. The highest BCUT2D eigenvalue weighted by atomic mass is 35.5. The summed E-state index contributed by atoms with van der Waals surface area (Å²) in [7, 11) is 0. The zero-order chi connectivity index (χ0) is 14.5. The molecule has 2 rings (SSSR count). The molecule has 0 aliphatic carbocycles. The van der Waals surface area contributed by atoms with Crippen LogP contribution in [0.25, 0.3) is 0 Å². The number of carbonyl (C=O) groups is 1. The van der Waals surface area contributed by atoms with Crippen molar-refractivity contribution < 1.29 is 10.3 Å². The number of hydrogen-bond acceptors (Lipinski definition) is 2. The molecule has 22 heavy (non-hydrogen) atoms. The van der Waals surface area contributed by atoms with Gasteiger partial charge in [0.05, 0.1) is 6.04 Å². The number of carbonyl (C=O) groups excluding carboxylic acids is 1. The normalized spacial score (nSPS) is 17.1. The van der Waals surface area contributed by atoms with Crippen LogP contribution in [0.15, 0.2) is 18.2 Å². The van der Waals surface area contributed by atoms with E-state index in [2.05, 4.69) is 44.3 Å². The number of para-hydroxylation sites is 1. The predicted octanol–water partition coefficient (Wildman–Crippen LogP) is 2.79. The number of amides is 1. The Hall–Kier alpha value is -1.10. The third kappa shape index (κ3) is 4.70. The smallest absolute Gasteiger partial charge is 0.244 e.